The van der Waals surface area contributed by atoms with E-state index in [0.717, 1.165) is 11.1 Å². The van der Waals surface area contributed by atoms with Gasteiger partial charge in [0.2, 0.25) is 0 Å². The Morgan fingerprint density at radius 1 is 0.684 bits per heavy atom. The lowest BCUT2D eigenvalue weighted by molar-refractivity contribution is 0.125. The van der Waals surface area contributed by atoms with Gasteiger partial charge in [-0.3, -0.25) is 0 Å². The highest BCUT2D eigenvalue weighted by Gasteiger charge is 2.58. The fourth-order valence-corrected chi connectivity index (χ4v) is 3.53. The van der Waals surface area contributed by atoms with E-state index < -0.39 is 0 Å². The predicted octanol–water partition coefficient (Wildman–Crippen LogP) is 1.03. The molecule has 0 atom stereocenters. The molecule has 19 heavy (non-hydrogen) atoms. The third kappa shape index (κ3) is 1.35. The fourth-order valence-electron chi connectivity index (χ4n) is 3.53. The molecule has 1 aromatic rings. The Hall–Kier alpha value is -1.05. The minimum atomic E-state index is -0.119. The van der Waals surface area contributed by atoms with Crippen molar-refractivity contribution in [3.63, 3.8) is 0 Å². The summed E-state index contributed by atoms with van der Waals surface area (Å²) in [5.41, 5.74) is 16.2. The molecule has 0 fully saturated rings. The zero-order valence-corrected chi connectivity index (χ0v) is 12.8. The van der Waals surface area contributed by atoms with Gasteiger partial charge in [-0.1, -0.05) is 52.5 Å². The van der Waals surface area contributed by atoms with Gasteiger partial charge in [-0.25, -0.2) is 0 Å². The quantitative estimate of drug-likeness (QED) is 0.535. The molecule has 0 heterocycles. The van der Waals surface area contributed by atoms with Gasteiger partial charge in [-0.05, 0) is 27.4 Å². The molecule has 2 rings (SSSR count). The van der Waals surface area contributed by atoms with Crippen molar-refractivity contribution < 1.29 is 0 Å². The molecule has 0 saturated carbocycles. The van der Waals surface area contributed by atoms with Crippen molar-refractivity contribution in [1.29, 1.82) is 0 Å². The summed E-state index contributed by atoms with van der Waals surface area (Å²) in [5.74, 6) is 0. The minimum absolute atomic E-state index is 0.00912. The summed E-state index contributed by atoms with van der Waals surface area (Å²) in [7, 11) is 12.3. The van der Waals surface area contributed by atoms with Crippen LogP contribution in [0.1, 0.15) is 52.7 Å². The maximum Gasteiger partial charge on any atom is 0.115 e. The van der Waals surface area contributed by atoms with Gasteiger partial charge in [-0.15, -0.1) is 0 Å². The molecule has 0 amide bonds. The molecule has 1 aliphatic rings. The average molecular weight is 252 g/mol. The highest BCUT2D eigenvalue weighted by Crippen LogP contribution is 2.62. The van der Waals surface area contributed by atoms with Crippen LogP contribution in [0, 0.1) is 5.41 Å². The Morgan fingerprint density at radius 2 is 1.11 bits per heavy atom. The second-order valence-electron chi connectivity index (χ2n) is 7.28. The SMILES string of the molecule is [B]c1c([B])c2c(c(N)c1N)C(C)(C)C(C)(C)C2(C)C. The van der Waals surface area contributed by atoms with Crippen molar-refractivity contribution in [2.75, 3.05) is 11.5 Å². The molecule has 4 N–H and O–H groups in total. The molecule has 0 spiro atoms. The second kappa shape index (κ2) is 3.53. The van der Waals surface area contributed by atoms with Gasteiger partial charge >= 0.3 is 0 Å². The van der Waals surface area contributed by atoms with Gasteiger partial charge in [0, 0.05) is 5.69 Å². The summed E-state index contributed by atoms with van der Waals surface area (Å²) in [6.45, 7) is 13.3. The zero-order valence-electron chi connectivity index (χ0n) is 12.8. The molecule has 1 aliphatic carbocycles. The molecule has 98 valence electrons. The van der Waals surface area contributed by atoms with Crippen LogP contribution in [-0.2, 0) is 10.8 Å². The van der Waals surface area contributed by atoms with Crippen molar-refractivity contribution in [2.24, 2.45) is 5.41 Å². The number of rotatable bonds is 0. The van der Waals surface area contributed by atoms with E-state index in [9.17, 15) is 0 Å². The number of hydrogen-bond donors (Lipinski definition) is 2. The van der Waals surface area contributed by atoms with Crippen LogP contribution in [0.5, 0.6) is 0 Å². The van der Waals surface area contributed by atoms with Crippen LogP contribution in [0.15, 0.2) is 0 Å². The third-order valence-electron chi connectivity index (χ3n) is 6.03. The predicted molar refractivity (Wildman–Crippen MR) is 85.9 cm³/mol. The smallest absolute Gasteiger partial charge is 0.115 e. The number of nitrogens with two attached hydrogens (primary N) is 2. The first-order valence-electron chi connectivity index (χ1n) is 6.65. The lowest BCUT2D eigenvalue weighted by Gasteiger charge is -2.45. The van der Waals surface area contributed by atoms with E-state index in [1.807, 2.05) is 0 Å². The van der Waals surface area contributed by atoms with Crippen molar-refractivity contribution >= 4 is 38.0 Å². The van der Waals surface area contributed by atoms with E-state index in [1.165, 1.54) is 0 Å². The Balaban J connectivity index is 3.02. The molecule has 0 bridgehead atoms. The van der Waals surface area contributed by atoms with Crippen molar-refractivity contribution in [1.82, 2.24) is 0 Å². The molecule has 4 heteroatoms. The Kier molecular flexibility index (Phi) is 2.67. The summed E-state index contributed by atoms with van der Waals surface area (Å²) in [6.07, 6.45) is 0. The first kappa shape index (κ1) is 14.4. The summed E-state index contributed by atoms with van der Waals surface area (Å²) >= 11 is 0. The number of fused-ring (bicyclic) bond motifs is 1. The molecule has 1 aromatic carbocycles. The molecule has 4 radical (unpaired) electrons. The highest BCUT2D eigenvalue weighted by atomic mass is 14.7. The maximum atomic E-state index is 6.26. The maximum absolute atomic E-state index is 6.26. The van der Waals surface area contributed by atoms with E-state index in [-0.39, 0.29) is 16.2 Å². The molecule has 0 unspecified atom stereocenters. The van der Waals surface area contributed by atoms with Crippen LogP contribution in [0.3, 0.4) is 0 Å². The van der Waals surface area contributed by atoms with Crippen LogP contribution in [0.4, 0.5) is 11.4 Å². The lowest BCUT2D eigenvalue weighted by atomic mass is 9.58. The van der Waals surface area contributed by atoms with Crippen LogP contribution in [-0.4, -0.2) is 15.7 Å². The lowest BCUT2D eigenvalue weighted by Crippen LogP contribution is -2.44. The van der Waals surface area contributed by atoms with Gasteiger partial charge in [0.15, 0.2) is 0 Å². The van der Waals surface area contributed by atoms with Crippen molar-refractivity contribution in [3.05, 3.63) is 11.1 Å². The van der Waals surface area contributed by atoms with E-state index in [1.54, 1.807) is 0 Å². The molecular weight excluding hydrogens is 230 g/mol. The first-order valence-corrected chi connectivity index (χ1v) is 6.65. The van der Waals surface area contributed by atoms with E-state index in [4.69, 9.17) is 27.2 Å². The van der Waals surface area contributed by atoms with Crippen LogP contribution >= 0.6 is 0 Å². The Bertz CT molecular complexity index is 523. The Morgan fingerprint density at radius 3 is 1.58 bits per heavy atom. The van der Waals surface area contributed by atoms with Crippen LogP contribution < -0.4 is 22.4 Å². The van der Waals surface area contributed by atoms with E-state index >= 15 is 0 Å². The number of benzene rings is 1. The summed E-state index contributed by atoms with van der Waals surface area (Å²) in [4.78, 5) is 0. The van der Waals surface area contributed by atoms with Gasteiger partial charge in [0.05, 0.1) is 5.69 Å². The average Bonchev–Trinajstić information content (AvgIpc) is 2.39. The third-order valence-corrected chi connectivity index (χ3v) is 6.03. The van der Waals surface area contributed by atoms with E-state index in [0.29, 0.717) is 22.3 Å². The first-order chi connectivity index (χ1) is 8.39. The number of hydrogen-bond acceptors (Lipinski definition) is 2. The molecule has 0 aromatic heterocycles. The Labute approximate surface area is 119 Å². The largest absolute Gasteiger partial charge is 0.398 e. The topological polar surface area (TPSA) is 52.0 Å². The molecule has 0 saturated heterocycles. The number of anilines is 2. The normalized spacial score (nSPS) is 22.2. The van der Waals surface area contributed by atoms with Gasteiger partial charge in [0.25, 0.3) is 0 Å². The van der Waals surface area contributed by atoms with Crippen molar-refractivity contribution in [2.45, 2.75) is 52.4 Å². The van der Waals surface area contributed by atoms with Crippen molar-refractivity contribution in [3.8, 4) is 0 Å². The summed E-state index contributed by atoms with van der Waals surface area (Å²) < 4.78 is 0. The monoisotopic (exact) mass is 252 g/mol. The van der Waals surface area contributed by atoms with Gasteiger partial charge < -0.3 is 11.5 Å². The van der Waals surface area contributed by atoms with Gasteiger partial charge in [0.1, 0.15) is 15.7 Å². The summed E-state index contributed by atoms with van der Waals surface area (Å²) in [6, 6.07) is 0. The van der Waals surface area contributed by atoms with E-state index in [2.05, 4.69) is 41.5 Å². The van der Waals surface area contributed by atoms with Crippen LogP contribution in [0.25, 0.3) is 0 Å². The standard InChI is InChI=1S/C15H22B2N2/c1-13(2)7-8(14(3,4)15(13,5)6)11(18)12(19)10(17)9(7)16/h18-19H2,1-6H3. The van der Waals surface area contributed by atoms with Crippen LogP contribution in [0.2, 0.25) is 0 Å². The zero-order chi connectivity index (χ0) is 15.0. The molecule has 0 aliphatic heterocycles. The second-order valence-corrected chi connectivity index (χ2v) is 7.28. The summed E-state index contributed by atoms with van der Waals surface area (Å²) in [5, 5.41) is 0. The molecule has 2 nitrogen and oxygen atoms in total. The number of nitrogen functional groups attached to an aromatic ring is 2. The highest BCUT2D eigenvalue weighted by molar-refractivity contribution is 6.52. The molecular formula is C15H22B2N2. The fraction of sp³-hybridized carbons (Fsp3) is 0.600. The van der Waals surface area contributed by atoms with Gasteiger partial charge in [-0.2, -0.15) is 0 Å². The minimum Gasteiger partial charge on any atom is -0.398 e.